The Balaban J connectivity index is 1.52. The number of ether oxygens (including phenoxy) is 1. The van der Waals surface area contributed by atoms with Crippen LogP contribution in [0.3, 0.4) is 0 Å². The molecule has 1 atom stereocenters. The molecule has 1 unspecified atom stereocenters. The van der Waals surface area contributed by atoms with Crippen LogP contribution >= 0.6 is 0 Å². The van der Waals surface area contributed by atoms with E-state index in [0.717, 1.165) is 16.5 Å². The van der Waals surface area contributed by atoms with Crippen LogP contribution in [0.15, 0.2) is 54.7 Å². The number of hydrogen-bond donors (Lipinski definition) is 3. The Morgan fingerprint density at radius 2 is 1.86 bits per heavy atom. The summed E-state index contributed by atoms with van der Waals surface area (Å²) >= 11 is 0. The normalized spacial score (nSPS) is 11.8. The van der Waals surface area contributed by atoms with Crippen LogP contribution in [-0.2, 0) is 23.2 Å². The van der Waals surface area contributed by atoms with Crippen molar-refractivity contribution < 1.29 is 19.4 Å². The first-order valence-corrected chi connectivity index (χ1v) is 8.90. The lowest BCUT2D eigenvalue weighted by molar-refractivity contribution is -0.139. The van der Waals surface area contributed by atoms with Crippen molar-refractivity contribution in [1.29, 1.82) is 0 Å². The number of carbonyl (C=O) groups excluding carboxylic acids is 2. The van der Waals surface area contributed by atoms with E-state index in [1.165, 1.54) is 0 Å². The first-order valence-electron chi connectivity index (χ1n) is 8.90. The van der Waals surface area contributed by atoms with Crippen LogP contribution in [0.2, 0.25) is 0 Å². The van der Waals surface area contributed by atoms with Gasteiger partial charge in [0.15, 0.2) is 0 Å². The number of nitrogens with one attached hydrogen (secondary N) is 2. The SMILES string of the molecule is COc1ccccc1CNC(=O)C(=O)NCC(O)c1ccc2c(ccn2C)c1. The van der Waals surface area contributed by atoms with E-state index < -0.39 is 17.9 Å². The lowest BCUT2D eigenvalue weighted by Gasteiger charge is -2.13. The van der Waals surface area contributed by atoms with Gasteiger partial charge in [0, 0.05) is 37.4 Å². The first-order chi connectivity index (χ1) is 13.5. The Morgan fingerprint density at radius 3 is 2.64 bits per heavy atom. The van der Waals surface area contributed by atoms with E-state index in [1.807, 2.05) is 48.1 Å². The zero-order valence-corrected chi connectivity index (χ0v) is 15.8. The molecule has 7 nitrogen and oxygen atoms in total. The summed E-state index contributed by atoms with van der Waals surface area (Å²) < 4.78 is 7.20. The van der Waals surface area contributed by atoms with Crippen molar-refractivity contribution in [3.63, 3.8) is 0 Å². The fourth-order valence-corrected chi connectivity index (χ4v) is 3.00. The van der Waals surface area contributed by atoms with E-state index in [9.17, 15) is 14.7 Å². The Hall–Kier alpha value is -3.32. The van der Waals surface area contributed by atoms with E-state index in [1.54, 1.807) is 25.3 Å². The molecule has 3 N–H and O–H groups in total. The van der Waals surface area contributed by atoms with Crippen LogP contribution in [-0.4, -0.2) is 35.1 Å². The second-order valence-electron chi connectivity index (χ2n) is 6.47. The third-order valence-electron chi connectivity index (χ3n) is 4.59. The van der Waals surface area contributed by atoms with E-state index >= 15 is 0 Å². The second-order valence-corrected chi connectivity index (χ2v) is 6.47. The molecule has 1 aromatic heterocycles. The van der Waals surface area contributed by atoms with Crippen LogP contribution < -0.4 is 15.4 Å². The summed E-state index contributed by atoms with van der Waals surface area (Å²) in [5.41, 5.74) is 2.49. The summed E-state index contributed by atoms with van der Waals surface area (Å²) in [7, 11) is 3.49. The van der Waals surface area contributed by atoms with Crippen molar-refractivity contribution in [2.24, 2.45) is 7.05 Å². The van der Waals surface area contributed by atoms with Crippen molar-refractivity contribution in [3.8, 4) is 5.75 Å². The lowest BCUT2D eigenvalue weighted by atomic mass is 10.1. The van der Waals surface area contributed by atoms with Crippen LogP contribution in [0.5, 0.6) is 5.75 Å². The van der Waals surface area contributed by atoms with Crippen LogP contribution in [0.25, 0.3) is 10.9 Å². The summed E-state index contributed by atoms with van der Waals surface area (Å²) in [6.45, 7) is 0.114. The molecule has 0 bridgehead atoms. The molecule has 3 aromatic rings. The maximum absolute atomic E-state index is 12.0. The Morgan fingerprint density at radius 1 is 1.11 bits per heavy atom. The van der Waals surface area contributed by atoms with Crippen molar-refractivity contribution in [2.75, 3.05) is 13.7 Å². The average molecular weight is 381 g/mol. The van der Waals surface area contributed by atoms with Crippen molar-refractivity contribution in [2.45, 2.75) is 12.6 Å². The zero-order chi connectivity index (χ0) is 20.1. The molecule has 0 aliphatic carbocycles. The number of methoxy groups -OCH3 is 1. The maximum atomic E-state index is 12.0. The van der Waals surface area contributed by atoms with Gasteiger partial charge in [0.2, 0.25) is 0 Å². The topological polar surface area (TPSA) is 92.6 Å². The van der Waals surface area contributed by atoms with Gasteiger partial charge in [0.1, 0.15) is 5.75 Å². The smallest absolute Gasteiger partial charge is 0.309 e. The molecule has 2 amide bonds. The van der Waals surface area contributed by atoms with Gasteiger partial charge in [-0.3, -0.25) is 9.59 Å². The molecule has 0 radical (unpaired) electrons. The van der Waals surface area contributed by atoms with Gasteiger partial charge < -0.3 is 25.0 Å². The van der Waals surface area contributed by atoms with E-state index in [4.69, 9.17) is 4.74 Å². The molecule has 0 aliphatic rings. The number of rotatable bonds is 6. The number of hydrogen-bond acceptors (Lipinski definition) is 4. The molecule has 28 heavy (non-hydrogen) atoms. The number of aryl methyl sites for hydroxylation is 1. The third-order valence-corrected chi connectivity index (χ3v) is 4.59. The molecule has 0 spiro atoms. The Kier molecular flexibility index (Phi) is 5.96. The molecular formula is C21H23N3O4. The molecule has 146 valence electrons. The first kappa shape index (κ1) is 19.4. The molecule has 0 saturated heterocycles. The molecule has 3 rings (SSSR count). The second kappa shape index (κ2) is 8.58. The number of aliphatic hydroxyl groups excluding tert-OH is 1. The highest BCUT2D eigenvalue weighted by Crippen LogP contribution is 2.21. The Labute approximate surface area is 162 Å². The highest BCUT2D eigenvalue weighted by atomic mass is 16.5. The summed E-state index contributed by atoms with van der Waals surface area (Å²) in [5.74, 6) is -0.929. The molecule has 0 saturated carbocycles. The van der Waals surface area contributed by atoms with Crippen molar-refractivity contribution in [1.82, 2.24) is 15.2 Å². The number of carbonyl (C=O) groups is 2. The van der Waals surface area contributed by atoms with E-state index in [-0.39, 0.29) is 13.1 Å². The number of benzene rings is 2. The predicted octanol–water partition coefficient (Wildman–Crippen LogP) is 1.65. The molecule has 7 heteroatoms. The quantitative estimate of drug-likeness (QED) is 0.566. The van der Waals surface area contributed by atoms with Gasteiger partial charge in [-0.1, -0.05) is 24.3 Å². The summed E-state index contributed by atoms with van der Waals surface area (Å²) in [6, 6.07) is 14.8. The van der Waals surface area contributed by atoms with E-state index in [0.29, 0.717) is 11.3 Å². The number of aliphatic hydroxyl groups is 1. The highest BCUT2D eigenvalue weighted by molar-refractivity contribution is 6.35. The van der Waals surface area contributed by atoms with E-state index in [2.05, 4.69) is 10.6 Å². The number of aromatic nitrogens is 1. The summed E-state index contributed by atoms with van der Waals surface area (Å²) in [6.07, 6.45) is 1.03. The number of fused-ring (bicyclic) bond motifs is 1. The minimum atomic E-state index is -0.907. The fraction of sp³-hybridized carbons (Fsp3) is 0.238. The summed E-state index contributed by atoms with van der Waals surface area (Å²) in [4.78, 5) is 24.0. The Bertz CT molecular complexity index is 996. The van der Waals surface area contributed by atoms with Gasteiger partial charge >= 0.3 is 11.8 Å². The van der Waals surface area contributed by atoms with Gasteiger partial charge in [-0.15, -0.1) is 0 Å². The van der Waals surface area contributed by atoms with Gasteiger partial charge in [-0.05, 0) is 35.2 Å². The largest absolute Gasteiger partial charge is 0.496 e. The van der Waals surface area contributed by atoms with Crippen LogP contribution in [0.4, 0.5) is 0 Å². The molecular weight excluding hydrogens is 358 g/mol. The molecule has 1 heterocycles. The monoisotopic (exact) mass is 381 g/mol. The minimum absolute atomic E-state index is 0.0563. The van der Waals surface area contributed by atoms with Crippen molar-refractivity contribution in [3.05, 3.63) is 65.9 Å². The number of para-hydroxylation sites is 1. The standard InChI is InChI=1S/C21H23N3O4/c1-24-10-9-14-11-15(7-8-17(14)24)18(25)13-23-21(27)20(26)22-12-16-5-3-4-6-19(16)28-2/h3-11,18,25H,12-13H2,1-2H3,(H,22,26)(H,23,27). The lowest BCUT2D eigenvalue weighted by Crippen LogP contribution is -2.41. The summed E-state index contributed by atoms with van der Waals surface area (Å²) in [5, 5.41) is 16.3. The zero-order valence-electron chi connectivity index (χ0n) is 15.8. The molecule has 0 fully saturated rings. The fourth-order valence-electron chi connectivity index (χ4n) is 3.00. The highest BCUT2D eigenvalue weighted by Gasteiger charge is 2.16. The third kappa shape index (κ3) is 4.32. The van der Waals surface area contributed by atoms with Gasteiger partial charge in [0.05, 0.1) is 13.2 Å². The van der Waals surface area contributed by atoms with Crippen LogP contribution in [0.1, 0.15) is 17.2 Å². The van der Waals surface area contributed by atoms with Gasteiger partial charge in [-0.25, -0.2) is 0 Å². The number of amides is 2. The molecule has 0 aliphatic heterocycles. The number of nitrogens with zero attached hydrogens (tertiary/aromatic N) is 1. The molecule has 2 aromatic carbocycles. The maximum Gasteiger partial charge on any atom is 0.309 e. The van der Waals surface area contributed by atoms with Crippen molar-refractivity contribution >= 4 is 22.7 Å². The van der Waals surface area contributed by atoms with Gasteiger partial charge in [-0.2, -0.15) is 0 Å². The predicted molar refractivity (Wildman–Crippen MR) is 106 cm³/mol. The van der Waals surface area contributed by atoms with Gasteiger partial charge in [0.25, 0.3) is 0 Å². The minimum Gasteiger partial charge on any atom is -0.496 e. The van der Waals surface area contributed by atoms with Crippen LogP contribution in [0, 0.1) is 0 Å². The average Bonchev–Trinajstić information content (AvgIpc) is 3.10.